The van der Waals surface area contributed by atoms with Gasteiger partial charge in [0.25, 0.3) is 17.5 Å². The van der Waals surface area contributed by atoms with Gasteiger partial charge in [0, 0.05) is 11.1 Å². The molecule has 1 atom stereocenters. The fraction of sp³-hybridized carbons (Fsp3) is 0.250. The van der Waals surface area contributed by atoms with Gasteiger partial charge in [0.2, 0.25) is 0 Å². The lowest BCUT2D eigenvalue weighted by atomic mass is 10.0. The molecule has 0 saturated heterocycles. The molecule has 9 nitrogen and oxygen atoms in total. The van der Waals surface area contributed by atoms with Gasteiger partial charge in [0.05, 0.1) is 10.5 Å². The number of esters is 1. The Kier molecular flexibility index (Phi) is 8.03. The second-order valence-corrected chi connectivity index (χ2v) is 7.19. The number of anilines is 1. The number of hydrogen-bond donors (Lipinski definition) is 2. The van der Waals surface area contributed by atoms with Crippen LogP contribution in [0.15, 0.2) is 42.5 Å². The van der Waals surface area contributed by atoms with E-state index >= 15 is 0 Å². The molecule has 2 aromatic rings. The SMILES string of the molecule is CC(C)[C@H](NC(=O)c1ccccc1F)C(=O)OCC(=O)Nc1ccc(Cl)cc1[N+](=O)[O-]. The van der Waals surface area contributed by atoms with Crippen LogP contribution in [0, 0.1) is 21.8 Å². The van der Waals surface area contributed by atoms with Crippen molar-refractivity contribution in [1.82, 2.24) is 5.32 Å². The molecule has 0 bridgehead atoms. The Balaban J connectivity index is 2.00. The number of ether oxygens (including phenoxy) is 1. The number of nitrogens with zero attached hydrogens (tertiary/aromatic N) is 1. The second-order valence-electron chi connectivity index (χ2n) is 6.75. The molecule has 164 valence electrons. The van der Waals surface area contributed by atoms with Crippen molar-refractivity contribution >= 4 is 40.8 Å². The van der Waals surface area contributed by atoms with Gasteiger partial charge in [-0.1, -0.05) is 37.6 Å². The molecule has 0 heterocycles. The average Bonchev–Trinajstić information content (AvgIpc) is 2.71. The molecule has 2 N–H and O–H groups in total. The molecule has 0 fully saturated rings. The van der Waals surface area contributed by atoms with Gasteiger partial charge < -0.3 is 15.4 Å². The standard InChI is InChI=1S/C20H19ClFN3O6/c1-11(2)18(24-19(27)13-5-3-4-6-14(13)22)20(28)31-10-17(26)23-15-8-7-12(21)9-16(15)25(29)30/h3-9,11,18H,10H2,1-2H3,(H,23,26)(H,24,27)/t18-/m0/s1. The molecule has 11 heteroatoms. The Morgan fingerprint density at radius 2 is 1.87 bits per heavy atom. The van der Waals surface area contributed by atoms with Gasteiger partial charge in [-0.15, -0.1) is 0 Å². The summed E-state index contributed by atoms with van der Waals surface area (Å²) in [6.07, 6.45) is 0. The van der Waals surface area contributed by atoms with Crippen LogP contribution in [0.2, 0.25) is 5.02 Å². The van der Waals surface area contributed by atoms with E-state index in [1.165, 1.54) is 30.3 Å². The minimum absolute atomic E-state index is 0.112. The van der Waals surface area contributed by atoms with E-state index in [9.17, 15) is 28.9 Å². The normalized spacial score (nSPS) is 11.5. The molecule has 0 radical (unpaired) electrons. The van der Waals surface area contributed by atoms with E-state index in [0.29, 0.717) is 0 Å². The number of amides is 2. The van der Waals surface area contributed by atoms with E-state index in [-0.39, 0.29) is 16.3 Å². The van der Waals surface area contributed by atoms with E-state index < -0.39 is 52.8 Å². The molecule has 0 spiro atoms. The number of carbonyl (C=O) groups excluding carboxylic acids is 3. The van der Waals surface area contributed by atoms with E-state index in [1.54, 1.807) is 13.8 Å². The highest BCUT2D eigenvalue weighted by Crippen LogP contribution is 2.27. The Bertz CT molecular complexity index is 1010. The second kappa shape index (κ2) is 10.5. The van der Waals surface area contributed by atoms with E-state index in [0.717, 1.165) is 12.1 Å². The quantitative estimate of drug-likeness (QED) is 0.360. The predicted octanol–water partition coefficient (Wildman–Crippen LogP) is 3.32. The van der Waals surface area contributed by atoms with Gasteiger partial charge in [-0.25, -0.2) is 9.18 Å². The lowest BCUT2D eigenvalue weighted by molar-refractivity contribution is -0.383. The highest BCUT2D eigenvalue weighted by molar-refractivity contribution is 6.31. The summed E-state index contributed by atoms with van der Waals surface area (Å²) in [5.74, 6) is -3.74. The van der Waals surface area contributed by atoms with Crippen LogP contribution in [0.1, 0.15) is 24.2 Å². The maximum Gasteiger partial charge on any atom is 0.329 e. The molecule has 0 aromatic heterocycles. The maximum atomic E-state index is 13.8. The van der Waals surface area contributed by atoms with Gasteiger partial charge in [0.15, 0.2) is 6.61 Å². The number of nitro benzene ring substituents is 1. The number of benzene rings is 2. The first kappa shape index (κ1) is 23.7. The first-order chi connectivity index (χ1) is 14.6. The van der Waals surface area contributed by atoms with Crippen molar-refractivity contribution in [3.63, 3.8) is 0 Å². The van der Waals surface area contributed by atoms with E-state index in [1.807, 2.05) is 0 Å². The summed E-state index contributed by atoms with van der Waals surface area (Å²) in [5.41, 5.74) is -0.790. The minimum atomic E-state index is -1.15. The van der Waals surface area contributed by atoms with Crippen molar-refractivity contribution < 1.29 is 28.4 Å². The third-order valence-corrected chi connectivity index (χ3v) is 4.34. The molecule has 0 aliphatic heterocycles. The molecule has 0 aliphatic carbocycles. The van der Waals surface area contributed by atoms with Gasteiger partial charge in [-0.3, -0.25) is 19.7 Å². The Labute approximate surface area is 181 Å². The van der Waals surface area contributed by atoms with Crippen LogP contribution < -0.4 is 10.6 Å². The summed E-state index contributed by atoms with van der Waals surface area (Å²) in [6, 6.07) is 7.78. The monoisotopic (exact) mass is 451 g/mol. The highest BCUT2D eigenvalue weighted by atomic mass is 35.5. The zero-order valence-corrected chi connectivity index (χ0v) is 17.3. The van der Waals surface area contributed by atoms with Crippen molar-refractivity contribution in [2.24, 2.45) is 5.92 Å². The van der Waals surface area contributed by atoms with Crippen molar-refractivity contribution in [2.45, 2.75) is 19.9 Å². The number of halogens is 2. The molecule has 31 heavy (non-hydrogen) atoms. The average molecular weight is 452 g/mol. The van der Waals surface area contributed by atoms with Crippen LogP contribution >= 0.6 is 11.6 Å². The Hall–Kier alpha value is -3.53. The fourth-order valence-corrected chi connectivity index (χ4v) is 2.70. The minimum Gasteiger partial charge on any atom is -0.454 e. The van der Waals surface area contributed by atoms with Crippen LogP contribution in [0.25, 0.3) is 0 Å². The first-order valence-corrected chi connectivity index (χ1v) is 9.43. The Morgan fingerprint density at radius 1 is 1.19 bits per heavy atom. The molecule has 2 rings (SSSR count). The molecular formula is C20H19ClFN3O6. The molecule has 2 amide bonds. The summed E-state index contributed by atoms with van der Waals surface area (Å²) >= 11 is 5.72. The van der Waals surface area contributed by atoms with Crippen molar-refractivity contribution in [2.75, 3.05) is 11.9 Å². The summed E-state index contributed by atoms with van der Waals surface area (Å²) < 4.78 is 18.7. The number of nitrogens with one attached hydrogen (secondary N) is 2. The van der Waals surface area contributed by atoms with Crippen molar-refractivity contribution in [1.29, 1.82) is 0 Å². The molecular weight excluding hydrogens is 433 g/mol. The van der Waals surface area contributed by atoms with E-state index in [2.05, 4.69) is 10.6 Å². The number of nitro groups is 1. The van der Waals surface area contributed by atoms with Crippen molar-refractivity contribution in [3.05, 3.63) is 69.0 Å². The zero-order valence-electron chi connectivity index (χ0n) is 16.6. The zero-order chi connectivity index (χ0) is 23.1. The van der Waals surface area contributed by atoms with Crippen LogP contribution in [0.3, 0.4) is 0 Å². The largest absolute Gasteiger partial charge is 0.454 e. The highest BCUT2D eigenvalue weighted by Gasteiger charge is 2.28. The smallest absolute Gasteiger partial charge is 0.329 e. The number of hydrogen-bond acceptors (Lipinski definition) is 6. The molecule has 0 aliphatic rings. The molecule has 2 aromatic carbocycles. The lowest BCUT2D eigenvalue weighted by Crippen LogP contribution is -2.46. The third kappa shape index (κ3) is 6.48. The van der Waals surface area contributed by atoms with Crippen LogP contribution in [-0.4, -0.2) is 35.4 Å². The number of carbonyl (C=O) groups is 3. The van der Waals surface area contributed by atoms with E-state index in [4.69, 9.17) is 16.3 Å². The number of rotatable bonds is 8. The Morgan fingerprint density at radius 3 is 2.48 bits per heavy atom. The molecule has 0 unspecified atom stereocenters. The van der Waals surface area contributed by atoms with Gasteiger partial charge in [-0.05, 0) is 30.2 Å². The van der Waals surface area contributed by atoms with Crippen molar-refractivity contribution in [3.8, 4) is 0 Å². The topological polar surface area (TPSA) is 128 Å². The van der Waals surface area contributed by atoms with Gasteiger partial charge in [-0.2, -0.15) is 0 Å². The van der Waals surface area contributed by atoms with Gasteiger partial charge in [0.1, 0.15) is 17.5 Å². The summed E-state index contributed by atoms with van der Waals surface area (Å²) in [6.45, 7) is 2.51. The predicted molar refractivity (Wildman–Crippen MR) is 110 cm³/mol. The third-order valence-electron chi connectivity index (χ3n) is 4.10. The summed E-state index contributed by atoms with van der Waals surface area (Å²) in [5, 5.41) is 15.8. The first-order valence-electron chi connectivity index (χ1n) is 9.06. The van der Waals surface area contributed by atoms with Crippen LogP contribution in [0.5, 0.6) is 0 Å². The van der Waals surface area contributed by atoms with Crippen LogP contribution in [0.4, 0.5) is 15.8 Å². The van der Waals surface area contributed by atoms with Gasteiger partial charge >= 0.3 is 5.97 Å². The molecule has 0 saturated carbocycles. The summed E-state index contributed by atoms with van der Waals surface area (Å²) in [7, 11) is 0. The fourth-order valence-electron chi connectivity index (χ4n) is 2.54. The van der Waals surface area contributed by atoms with Crippen LogP contribution in [-0.2, 0) is 14.3 Å². The maximum absolute atomic E-state index is 13.8. The lowest BCUT2D eigenvalue weighted by Gasteiger charge is -2.21. The summed E-state index contributed by atoms with van der Waals surface area (Å²) in [4.78, 5) is 47.1.